The van der Waals surface area contributed by atoms with Crippen molar-refractivity contribution in [2.75, 3.05) is 0 Å². The Morgan fingerprint density at radius 1 is 1.00 bits per heavy atom. The summed E-state index contributed by atoms with van der Waals surface area (Å²) in [5, 5.41) is 0. The Bertz CT molecular complexity index is 203. The van der Waals surface area contributed by atoms with Crippen molar-refractivity contribution in [2.45, 2.75) is 6.43 Å². The average Bonchev–Trinajstić information content (AvgIpc) is 1.88. The first kappa shape index (κ1) is 7.12. The maximum atomic E-state index is 12.1. The zero-order chi connectivity index (χ0) is 7.56. The molecule has 0 aliphatic carbocycles. The van der Waals surface area contributed by atoms with Crippen LogP contribution in [0.3, 0.4) is 0 Å². The van der Waals surface area contributed by atoms with Crippen molar-refractivity contribution in [2.24, 2.45) is 0 Å². The summed E-state index contributed by atoms with van der Waals surface area (Å²) in [5.41, 5.74) is -0.151. The van der Waals surface area contributed by atoms with Gasteiger partial charge >= 0.3 is 0 Å². The Kier molecular flexibility index (Phi) is 1.94. The molecule has 0 heterocycles. The van der Waals surface area contributed by atoms with Crippen LogP contribution in [0.15, 0.2) is 24.3 Å². The first-order chi connectivity index (χ1) is 4.70. The average molecular weight is 146 g/mol. The molecule has 0 aliphatic rings. The SMILES string of the molecule is Fc1ccc(C(F)F)cc1. The normalized spacial score (nSPS) is 10.4. The molecule has 0 spiro atoms. The van der Waals surface area contributed by atoms with Gasteiger partial charge in [-0.3, -0.25) is 0 Å². The highest BCUT2D eigenvalue weighted by Crippen LogP contribution is 2.17. The molecule has 1 aromatic rings. The summed E-state index contributed by atoms with van der Waals surface area (Å²) in [5.74, 6) is -0.496. The van der Waals surface area contributed by atoms with E-state index >= 15 is 0 Å². The molecule has 0 fully saturated rings. The van der Waals surface area contributed by atoms with Gasteiger partial charge in [0.2, 0.25) is 0 Å². The van der Waals surface area contributed by atoms with E-state index in [0.29, 0.717) is 0 Å². The molecule has 0 N–H and O–H groups in total. The largest absolute Gasteiger partial charge is 0.263 e. The molecular formula is C7H5F3. The minimum absolute atomic E-state index is 0.151. The standard InChI is InChI=1S/C7H5F3/c8-6-3-1-5(2-4-6)7(9)10/h1-4,7H. The van der Waals surface area contributed by atoms with Crippen LogP contribution in [-0.4, -0.2) is 0 Å². The third kappa shape index (κ3) is 1.50. The molecule has 0 radical (unpaired) electrons. The van der Waals surface area contributed by atoms with Gasteiger partial charge in [0.15, 0.2) is 0 Å². The molecule has 10 heavy (non-hydrogen) atoms. The Labute approximate surface area is 56.3 Å². The van der Waals surface area contributed by atoms with E-state index in [0.717, 1.165) is 24.3 Å². The summed E-state index contributed by atoms with van der Waals surface area (Å²) in [7, 11) is 0. The Balaban J connectivity index is 2.89. The minimum atomic E-state index is -2.51. The number of alkyl halides is 2. The molecular weight excluding hydrogens is 141 g/mol. The van der Waals surface area contributed by atoms with Crippen LogP contribution in [0.2, 0.25) is 0 Å². The van der Waals surface area contributed by atoms with E-state index < -0.39 is 12.2 Å². The van der Waals surface area contributed by atoms with Crippen molar-refractivity contribution >= 4 is 0 Å². The van der Waals surface area contributed by atoms with E-state index in [-0.39, 0.29) is 5.56 Å². The monoisotopic (exact) mass is 146 g/mol. The summed E-state index contributed by atoms with van der Waals surface area (Å²) in [6.45, 7) is 0. The molecule has 0 bridgehead atoms. The highest BCUT2D eigenvalue weighted by Gasteiger charge is 2.04. The molecule has 0 saturated heterocycles. The van der Waals surface area contributed by atoms with Crippen LogP contribution in [0, 0.1) is 5.82 Å². The van der Waals surface area contributed by atoms with Crippen molar-refractivity contribution in [3.8, 4) is 0 Å². The third-order valence-electron chi connectivity index (χ3n) is 1.12. The Hall–Kier alpha value is -0.990. The van der Waals surface area contributed by atoms with Crippen molar-refractivity contribution < 1.29 is 13.2 Å². The fraction of sp³-hybridized carbons (Fsp3) is 0.143. The van der Waals surface area contributed by atoms with Gasteiger partial charge in [-0.1, -0.05) is 12.1 Å². The molecule has 0 aromatic heterocycles. The van der Waals surface area contributed by atoms with Crippen LogP contribution >= 0.6 is 0 Å². The molecule has 3 heteroatoms. The number of hydrogen-bond acceptors (Lipinski definition) is 0. The van der Waals surface area contributed by atoms with Gasteiger partial charge in [-0.15, -0.1) is 0 Å². The number of halogens is 3. The molecule has 54 valence electrons. The molecule has 0 unspecified atom stereocenters. The number of rotatable bonds is 1. The summed E-state index contributed by atoms with van der Waals surface area (Å²) in [4.78, 5) is 0. The maximum absolute atomic E-state index is 12.1. The van der Waals surface area contributed by atoms with Gasteiger partial charge in [0.05, 0.1) is 0 Å². The van der Waals surface area contributed by atoms with Crippen LogP contribution in [0.5, 0.6) is 0 Å². The molecule has 1 aromatic carbocycles. The molecule has 1 rings (SSSR count). The quantitative estimate of drug-likeness (QED) is 0.571. The minimum Gasteiger partial charge on any atom is -0.207 e. The van der Waals surface area contributed by atoms with E-state index in [4.69, 9.17) is 0 Å². The lowest BCUT2D eigenvalue weighted by molar-refractivity contribution is 0.151. The molecule has 0 amide bonds. The second-order valence-corrected chi connectivity index (χ2v) is 1.85. The third-order valence-corrected chi connectivity index (χ3v) is 1.12. The van der Waals surface area contributed by atoms with Crippen LogP contribution in [0.1, 0.15) is 12.0 Å². The second kappa shape index (κ2) is 2.73. The van der Waals surface area contributed by atoms with Crippen LogP contribution in [-0.2, 0) is 0 Å². The lowest BCUT2D eigenvalue weighted by atomic mass is 10.2. The van der Waals surface area contributed by atoms with Gasteiger partial charge in [0.1, 0.15) is 5.82 Å². The Morgan fingerprint density at radius 2 is 1.50 bits per heavy atom. The zero-order valence-corrected chi connectivity index (χ0v) is 5.02. The first-order valence-corrected chi connectivity index (χ1v) is 2.74. The van der Waals surface area contributed by atoms with E-state index in [1.807, 2.05) is 0 Å². The van der Waals surface area contributed by atoms with E-state index in [2.05, 4.69) is 0 Å². The van der Waals surface area contributed by atoms with Gasteiger partial charge in [0, 0.05) is 5.56 Å². The second-order valence-electron chi connectivity index (χ2n) is 1.85. The lowest BCUT2D eigenvalue weighted by Gasteiger charge is -1.96. The van der Waals surface area contributed by atoms with Crippen LogP contribution < -0.4 is 0 Å². The smallest absolute Gasteiger partial charge is 0.207 e. The molecule has 0 atom stereocenters. The highest BCUT2D eigenvalue weighted by molar-refractivity contribution is 5.16. The maximum Gasteiger partial charge on any atom is 0.263 e. The van der Waals surface area contributed by atoms with Crippen LogP contribution in [0.4, 0.5) is 13.2 Å². The summed E-state index contributed by atoms with van der Waals surface area (Å²) >= 11 is 0. The van der Waals surface area contributed by atoms with E-state index in [9.17, 15) is 13.2 Å². The topological polar surface area (TPSA) is 0 Å². The van der Waals surface area contributed by atoms with Crippen molar-refractivity contribution in [3.05, 3.63) is 35.6 Å². The fourth-order valence-electron chi connectivity index (χ4n) is 0.608. The van der Waals surface area contributed by atoms with Gasteiger partial charge in [-0.2, -0.15) is 0 Å². The van der Waals surface area contributed by atoms with Crippen molar-refractivity contribution in [3.63, 3.8) is 0 Å². The predicted molar refractivity (Wildman–Crippen MR) is 31.4 cm³/mol. The van der Waals surface area contributed by atoms with Gasteiger partial charge in [-0.25, -0.2) is 13.2 Å². The van der Waals surface area contributed by atoms with Gasteiger partial charge in [-0.05, 0) is 12.1 Å². The summed E-state index contributed by atoms with van der Waals surface area (Å²) in [6.07, 6.45) is -2.51. The van der Waals surface area contributed by atoms with Crippen LogP contribution in [0.25, 0.3) is 0 Å². The molecule has 0 aliphatic heterocycles. The van der Waals surface area contributed by atoms with Crippen molar-refractivity contribution in [1.29, 1.82) is 0 Å². The van der Waals surface area contributed by atoms with Crippen molar-refractivity contribution in [1.82, 2.24) is 0 Å². The molecule has 0 nitrogen and oxygen atoms in total. The van der Waals surface area contributed by atoms with E-state index in [1.165, 1.54) is 0 Å². The number of benzene rings is 1. The predicted octanol–water partition coefficient (Wildman–Crippen LogP) is 2.76. The first-order valence-electron chi connectivity index (χ1n) is 2.74. The molecule has 0 saturated carbocycles. The number of hydrogen-bond donors (Lipinski definition) is 0. The zero-order valence-electron chi connectivity index (χ0n) is 5.02. The summed E-state index contributed by atoms with van der Waals surface area (Å²) < 4.78 is 35.7. The van der Waals surface area contributed by atoms with Gasteiger partial charge < -0.3 is 0 Å². The van der Waals surface area contributed by atoms with E-state index in [1.54, 1.807) is 0 Å². The highest BCUT2D eigenvalue weighted by atomic mass is 19.3. The Morgan fingerprint density at radius 3 is 1.90 bits per heavy atom. The summed E-state index contributed by atoms with van der Waals surface area (Å²) in [6, 6.07) is 4.17. The van der Waals surface area contributed by atoms with Gasteiger partial charge in [0.25, 0.3) is 6.43 Å². The lowest BCUT2D eigenvalue weighted by Crippen LogP contribution is -1.82. The fourth-order valence-corrected chi connectivity index (χ4v) is 0.608.